The van der Waals surface area contributed by atoms with E-state index < -0.39 is 29.8 Å². The second-order valence-corrected chi connectivity index (χ2v) is 7.80. The van der Waals surface area contributed by atoms with Crippen molar-refractivity contribution in [2.45, 2.75) is 12.3 Å². The average molecular weight is 459 g/mol. The number of nitrogens with two attached hydrogens (primary N) is 1. The van der Waals surface area contributed by atoms with Gasteiger partial charge in [-0.3, -0.25) is 14.5 Å². The van der Waals surface area contributed by atoms with Crippen molar-refractivity contribution in [2.24, 2.45) is 0 Å². The Morgan fingerprint density at radius 2 is 1.82 bits per heavy atom. The molecule has 172 valence electrons. The number of anilines is 1. The largest absolute Gasteiger partial charge is 0.468 e. The first-order valence-electron chi connectivity index (χ1n) is 10.7. The van der Waals surface area contributed by atoms with E-state index in [1.54, 1.807) is 55.5 Å². The van der Waals surface area contributed by atoms with Crippen LogP contribution >= 0.6 is 0 Å². The van der Waals surface area contributed by atoms with Crippen molar-refractivity contribution in [3.8, 4) is 11.3 Å². The van der Waals surface area contributed by atoms with Gasteiger partial charge in [0.05, 0.1) is 25.0 Å². The Bertz CT molecular complexity index is 1360. The van der Waals surface area contributed by atoms with Gasteiger partial charge in [-0.05, 0) is 18.1 Å². The number of hydrogen-bond donors (Lipinski definition) is 1. The number of fused-ring (bicyclic) bond motifs is 5. The van der Waals surface area contributed by atoms with Crippen molar-refractivity contribution in [1.29, 1.82) is 0 Å². The van der Waals surface area contributed by atoms with E-state index >= 15 is 0 Å². The van der Waals surface area contributed by atoms with Crippen LogP contribution in [0.3, 0.4) is 0 Å². The first kappa shape index (κ1) is 21.4. The SMILES string of the molecule is CCOC(=O)C1=C(c2ccccc2)N(CC(=O)OC)C(=O)[C@]12c1ccccc1-c1oc(N)nc12. The minimum atomic E-state index is -1.70. The molecule has 1 aliphatic carbocycles. The van der Waals surface area contributed by atoms with Gasteiger partial charge >= 0.3 is 11.9 Å². The Balaban J connectivity index is 1.91. The summed E-state index contributed by atoms with van der Waals surface area (Å²) >= 11 is 0. The van der Waals surface area contributed by atoms with Crippen LogP contribution in [-0.4, -0.2) is 48.0 Å². The molecule has 34 heavy (non-hydrogen) atoms. The molecule has 0 bridgehead atoms. The first-order chi connectivity index (χ1) is 16.4. The van der Waals surface area contributed by atoms with Crippen LogP contribution in [0, 0.1) is 0 Å². The number of amides is 1. The Morgan fingerprint density at radius 1 is 1.12 bits per heavy atom. The molecular formula is C25H21N3O6. The Hall–Kier alpha value is -4.40. The fraction of sp³-hybridized carbons (Fsp3) is 0.200. The summed E-state index contributed by atoms with van der Waals surface area (Å²) in [7, 11) is 1.23. The summed E-state index contributed by atoms with van der Waals surface area (Å²) in [5.74, 6) is -1.59. The number of nitrogen functional groups attached to an aromatic ring is 1. The van der Waals surface area contributed by atoms with Gasteiger partial charge in [0.25, 0.3) is 6.01 Å². The highest BCUT2D eigenvalue weighted by molar-refractivity contribution is 6.21. The molecule has 9 nitrogen and oxygen atoms in total. The molecule has 1 atom stereocenters. The zero-order valence-corrected chi connectivity index (χ0v) is 18.5. The number of carbonyl (C=O) groups is 3. The zero-order chi connectivity index (χ0) is 24.0. The van der Waals surface area contributed by atoms with Gasteiger partial charge in [-0.25, -0.2) is 4.79 Å². The lowest BCUT2D eigenvalue weighted by molar-refractivity contribution is -0.145. The van der Waals surface area contributed by atoms with Crippen LogP contribution in [0.2, 0.25) is 0 Å². The summed E-state index contributed by atoms with van der Waals surface area (Å²) in [4.78, 5) is 46.0. The maximum atomic E-state index is 14.4. The molecule has 9 heteroatoms. The Morgan fingerprint density at radius 3 is 2.53 bits per heavy atom. The van der Waals surface area contributed by atoms with Crippen LogP contribution in [0.5, 0.6) is 0 Å². The molecule has 0 unspecified atom stereocenters. The van der Waals surface area contributed by atoms with Gasteiger partial charge in [0, 0.05) is 5.56 Å². The van der Waals surface area contributed by atoms with Crippen LogP contribution in [0.4, 0.5) is 6.01 Å². The second-order valence-electron chi connectivity index (χ2n) is 7.80. The molecule has 0 fully saturated rings. The van der Waals surface area contributed by atoms with Crippen molar-refractivity contribution in [3.05, 3.63) is 77.0 Å². The van der Waals surface area contributed by atoms with Gasteiger partial charge in [0.1, 0.15) is 12.2 Å². The number of ether oxygens (including phenoxy) is 2. The average Bonchev–Trinajstić information content (AvgIpc) is 3.44. The maximum Gasteiger partial charge on any atom is 0.338 e. The predicted octanol–water partition coefficient (Wildman–Crippen LogP) is 2.51. The van der Waals surface area contributed by atoms with Gasteiger partial charge in [-0.15, -0.1) is 0 Å². The summed E-state index contributed by atoms with van der Waals surface area (Å²) in [5.41, 5.74) is 6.34. The molecule has 0 saturated carbocycles. The highest BCUT2D eigenvalue weighted by Crippen LogP contribution is 2.59. The molecule has 0 saturated heterocycles. The Kier molecular flexibility index (Phi) is 4.97. The van der Waals surface area contributed by atoms with Gasteiger partial charge in [0.15, 0.2) is 11.2 Å². The number of nitrogens with zero attached hydrogens (tertiary/aromatic N) is 2. The summed E-state index contributed by atoms with van der Waals surface area (Å²) < 4.78 is 16.0. The third-order valence-corrected chi connectivity index (χ3v) is 6.06. The normalized spacial score (nSPS) is 18.3. The van der Waals surface area contributed by atoms with E-state index in [0.717, 1.165) is 0 Å². The van der Waals surface area contributed by atoms with Gasteiger partial charge in [-0.1, -0.05) is 54.6 Å². The van der Waals surface area contributed by atoms with E-state index in [9.17, 15) is 14.4 Å². The molecule has 5 rings (SSSR count). The molecule has 2 aliphatic rings. The molecular weight excluding hydrogens is 438 g/mol. The molecule has 3 aromatic rings. The van der Waals surface area contributed by atoms with Crippen molar-refractivity contribution in [1.82, 2.24) is 9.88 Å². The molecule has 1 aliphatic heterocycles. The number of benzene rings is 2. The van der Waals surface area contributed by atoms with Crippen LogP contribution < -0.4 is 5.73 Å². The lowest BCUT2D eigenvalue weighted by Crippen LogP contribution is -2.43. The summed E-state index contributed by atoms with van der Waals surface area (Å²) in [6, 6.07) is 15.8. The summed E-state index contributed by atoms with van der Waals surface area (Å²) in [6.07, 6.45) is 0. The smallest absolute Gasteiger partial charge is 0.338 e. The minimum absolute atomic E-state index is 0.0500. The van der Waals surface area contributed by atoms with E-state index in [2.05, 4.69) is 4.98 Å². The summed E-state index contributed by atoms with van der Waals surface area (Å²) in [6.45, 7) is 1.36. The molecule has 1 spiro atoms. The lowest BCUT2D eigenvalue weighted by atomic mass is 9.74. The molecule has 0 radical (unpaired) electrons. The minimum Gasteiger partial charge on any atom is -0.468 e. The van der Waals surface area contributed by atoms with Crippen molar-refractivity contribution >= 4 is 29.6 Å². The Labute approximate surface area is 194 Å². The highest BCUT2D eigenvalue weighted by atomic mass is 16.5. The van der Waals surface area contributed by atoms with Gasteiger partial charge < -0.3 is 19.6 Å². The molecule has 2 heterocycles. The fourth-order valence-corrected chi connectivity index (χ4v) is 4.80. The van der Waals surface area contributed by atoms with Crippen LogP contribution in [0.1, 0.15) is 23.7 Å². The second kappa shape index (κ2) is 7.87. The van der Waals surface area contributed by atoms with Crippen molar-refractivity contribution in [3.63, 3.8) is 0 Å². The number of esters is 2. The molecule has 2 aromatic carbocycles. The number of hydrogen-bond acceptors (Lipinski definition) is 8. The molecule has 2 N–H and O–H groups in total. The number of oxazole rings is 1. The zero-order valence-electron chi connectivity index (χ0n) is 18.5. The van der Waals surface area contributed by atoms with E-state index in [1.165, 1.54) is 12.0 Å². The lowest BCUT2D eigenvalue weighted by Gasteiger charge is -2.26. The monoisotopic (exact) mass is 459 g/mol. The quantitative estimate of drug-likeness (QED) is 0.577. The molecule has 1 amide bonds. The van der Waals surface area contributed by atoms with Crippen LogP contribution in [0.15, 0.2) is 64.6 Å². The number of carbonyl (C=O) groups excluding carboxylic acids is 3. The van der Waals surface area contributed by atoms with Gasteiger partial charge in [0.2, 0.25) is 5.91 Å². The van der Waals surface area contributed by atoms with E-state index in [-0.39, 0.29) is 29.6 Å². The van der Waals surface area contributed by atoms with E-state index in [4.69, 9.17) is 19.6 Å². The maximum absolute atomic E-state index is 14.4. The van der Waals surface area contributed by atoms with Crippen LogP contribution in [-0.2, 0) is 29.3 Å². The standard InChI is InChI=1S/C25H21N3O6/c1-3-33-22(30)18-19(14-9-5-4-6-10-14)28(13-17(29)32-2)23(31)25(18)16-12-8-7-11-15(16)20-21(25)27-24(26)34-20/h4-12H,3,13H2,1-2H3,(H2,26,27)/t25-/m1/s1. The van der Waals surface area contributed by atoms with Crippen LogP contribution in [0.25, 0.3) is 17.0 Å². The summed E-state index contributed by atoms with van der Waals surface area (Å²) in [5, 5.41) is 0. The van der Waals surface area contributed by atoms with Gasteiger partial charge in [-0.2, -0.15) is 4.98 Å². The highest BCUT2D eigenvalue weighted by Gasteiger charge is 2.64. The number of aromatic nitrogens is 1. The third kappa shape index (κ3) is 2.79. The van der Waals surface area contributed by atoms with Crippen molar-refractivity contribution < 1.29 is 28.3 Å². The third-order valence-electron chi connectivity index (χ3n) is 6.06. The topological polar surface area (TPSA) is 125 Å². The fourth-order valence-electron chi connectivity index (χ4n) is 4.80. The predicted molar refractivity (Wildman–Crippen MR) is 121 cm³/mol. The molecule has 1 aromatic heterocycles. The van der Waals surface area contributed by atoms with E-state index in [0.29, 0.717) is 22.5 Å². The number of methoxy groups -OCH3 is 1. The van der Waals surface area contributed by atoms with E-state index in [1.807, 2.05) is 6.07 Å². The first-order valence-corrected chi connectivity index (χ1v) is 10.7. The van der Waals surface area contributed by atoms with Crippen molar-refractivity contribution in [2.75, 3.05) is 26.0 Å². The number of rotatable bonds is 5.